The van der Waals surface area contributed by atoms with Gasteiger partial charge in [0.25, 0.3) is 0 Å². The van der Waals surface area contributed by atoms with Crippen LogP contribution in [0.1, 0.15) is 55.5 Å². The van der Waals surface area contributed by atoms with Gasteiger partial charge < -0.3 is 4.90 Å². The van der Waals surface area contributed by atoms with Crippen molar-refractivity contribution in [2.75, 3.05) is 13.1 Å². The van der Waals surface area contributed by atoms with Crippen LogP contribution in [0.5, 0.6) is 0 Å². The molecule has 0 N–H and O–H groups in total. The third-order valence-corrected chi connectivity index (χ3v) is 6.01. The molecule has 1 saturated heterocycles. The van der Waals surface area contributed by atoms with Crippen molar-refractivity contribution in [2.24, 2.45) is 5.92 Å². The number of nitrogens with zero attached hydrogens (tertiary/aromatic N) is 2. The number of likely N-dealkylation sites (tertiary alicyclic amines) is 1. The highest BCUT2D eigenvalue weighted by Crippen LogP contribution is 2.32. The van der Waals surface area contributed by atoms with Gasteiger partial charge in [-0.3, -0.25) is 4.79 Å². The Hall–Kier alpha value is -1.68. The third kappa shape index (κ3) is 4.04. The number of amides is 1. The summed E-state index contributed by atoms with van der Waals surface area (Å²) in [5.74, 6) is 1.60. The maximum Gasteiger partial charge on any atom is 0.223 e. The first-order valence-corrected chi connectivity index (χ1v) is 9.75. The molecule has 1 atom stereocenters. The van der Waals surface area contributed by atoms with Crippen molar-refractivity contribution in [1.29, 1.82) is 0 Å². The summed E-state index contributed by atoms with van der Waals surface area (Å²) >= 11 is 1.74. The molecule has 1 aliphatic rings. The Morgan fingerprint density at radius 2 is 1.96 bits per heavy atom. The molecule has 3 rings (SSSR count). The molecular weight excluding hydrogens is 316 g/mol. The Morgan fingerprint density at radius 1 is 1.25 bits per heavy atom. The maximum atomic E-state index is 12.8. The van der Waals surface area contributed by atoms with Crippen LogP contribution in [0.3, 0.4) is 0 Å². The molecule has 2 heterocycles. The number of hydrogen-bond acceptors (Lipinski definition) is 3. The van der Waals surface area contributed by atoms with Crippen LogP contribution in [-0.2, 0) is 4.79 Å². The van der Waals surface area contributed by atoms with E-state index in [1.807, 2.05) is 17.6 Å². The van der Waals surface area contributed by atoms with Gasteiger partial charge in [-0.25, -0.2) is 4.98 Å². The normalized spacial score (nSPS) is 17.2. The Bertz CT molecular complexity index is 631. The molecule has 1 aliphatic heterocycles. The zero-order valence-corrected chi connectivity index (χ0v) is 15.3. The van der Waals surface area contributed by atoms with Crippen molar-refractivity contribution >= 4 is 17.2 Å². The summed E-state index contributed by atoms with van der Waals surface area (Å²) in [6, 6.07) is 10.5. The van der Waals surface area contributed by atoms with Crippen molar-refractivity contribution in [3.63, 3.8) is 0 Å². The van der Waals surface area contributed by atoms with E-state index in [0.717, 1.165) is 25.9 Å². The van der Waals surface area contributed by atoms with E-state index >= 15 is 0 Å². The molecule has 0 spiro atoms. The second-order valence-electron chi connectivity index (χ2n) is 6.99. The average molecular weight is 343 g/mol. The first-order valence-electron chi connectivity index (χ1n) is 8.87. The molecule has 1 aromatic carbocycles. The number of hydrogen-bond donors (Lipinski definition) is 0. The van der Waals surface area contributed by atoms with Crippen molar-refractivity contribution in [3.05, 3.63) is 52.5 Å². The first-order chi connectivity index (χ1) is 11.6. The number of rotatable bonds is 5. The van der Waals surface area contributed by atoms with Crippen molar-refractivity contribution in [1.82, 2.24) is 9.88 Å². The molecule has 1 fully saturated rings. The summed E-state index contributed by atoms with van der Waals surface area (Å²) in [5.41, 5.74) is 1.28. The van der Waals surface area contributed by atoms with Crippen LogP contribution in [0, 0.1) is 5.92 Å². The van der Waals surface area contributed by atoms with E-state index in [9.17, 15) is 4.79 Å². The topological polar surface area (TPSA) is 33.2 Å². The lowest BCUT2D eigenvalue weighted by Crippen LogP contribution is -2.38. The largest absolute Gasteiger partial charge is 0.343 e. The highest BCUT2D eigenvalue weighted by molar-refractivity contribution is 7.09. The monoisotopic (exact) mass is 342 g/mol. The average Bonchev–Trinajstić information content (AvgIpc) is 3.15. The number of thiazole rings is 1. The van der Waals surface area contributed by atoms with Crippen LogP contribution >= 0.6 is 11.3 Å². The number of aromatic nitrogens is 1. The molecule has 0 radical (unpaired) electrons. The van der Waals surface area contributed by atoms with Crippen LogP contribution < -0.4 is 0 Å². The Morgan fingerprint density at radius 3 is 2.54 bits per heavy atom. The lowest BCUT2D eigenvalue weighted by molar-refractivity contribution is -0.132. The van der Waals surface area contributed by atoms with Gasteiger partial charge in [-0.2, -0.15) is 0 Å². The summed E-state index contributed by atoms with van der Waals surface area (Å²) in [4.78, 5) is 19.3. The molecule has 24 heavy (non-hydrogen) atoms. The summed E-state index contributed by atoms with van der Waals surface area (Å²) in [5, 5.41) is 3.27. The van der Waals surface area contributed by atoms with Gasteiger partial charge in [-0.15, -0.1) is 11.3 Å². The molecule has 0 bridgehead atoms. The minimum absolute atomic E-state index is 0.301. The van der Waals surface area contributed by atoms with Gasteiger partial charge in [0, 0.05) is 37.0 Å². The molecule has 1 unspecified atom stereocenters. The summed E-state index contributed by atoms with van der Waals surface area (Å²) in [6.45, 7) is 6.14. The molecule has 2 aromatic rings. The maximum absolute atomic E-state index is 12.8. The number of carbonyl (C=O) groups is 1. The number of benzene rings is 1. The second kappa shape index (κ2) is 7.93. The lowest BCUT2D eigenvalue weighted by Gasteiger charge is -2.33. The van der Waals surface area contributed by atoms with Gasteiger partial charge in [-0.1, -0.05) is 44.2 Å². The second-order valence-corrected chi connectivity index (χ2v) is 7.92. The van der Waals surface area contributed by atoms with Crippen molar-refractivity contribution in [2.45, 2.75) is 44.9 Å². The Balaban J connectivity index is 1.58. The minimum atomic E-state index is 0.301. The Kier molecular flexibility index (Phi) is 5.67. The van der Waals surface area contributed by atoms with Crippen LogP contribution in [0.4, 0.5) is 0 Å². The fourth-order valence-electron chi connectivity index (χ4n) is 3.57. The van der Waals surface area contributed by atoms with Crippen LogP contribution in [0.15, 0.2) is 41.9 Å². The van der Waals surface area contributed by atoms with E-state index in [1.165, 1.54) is 10.6 Å². The van der Waals surface area contributed by atoms with E-state index in [4.69, 9.17) is 0 Å². The van der Waals surface area contributed by atoms with E-state index in [2.05, 4.69) is 48.0 Å². The van der Waals surface area contributed by atoms with Crippen LogP contribution in [0.2, 0.25) is 0 Å². The fraction of sp³-hybridized carbons (Fsp3) is 0.500. The third-order valence-electron chi connectivity index (χ3n) is 5.08. The quantitative estimate of drug-likeness (QED) is 0.790. The fourth-order valence-corrected chi connectivity index (χ4v) is 4.38. The first kappa shape index (κ1) is 17.2. The minimum Gasteiger partial charge on any atom is -0.343 e. The van der Waals surface area contributed by atoms with Gasteiger partial charge in [-0.05, 0) is 30.2 Å². The lowest BCUT2D eigenvalue weighted by atomic mass is 9.85. The smallest absolute Gasteiger partial charge is 0.223 e. The van der Waals surface area contributed by atoms with Gasteiger partial charge in [0.15, 0.2) is 0 Å². The van der Waals surface area contributed by atoms with E-state index in [-0.39, 0.29) is 0 Å². The molecule has 1 aromatic heterocycles. The predicted molar refractivity (Wildman–Crippen MR) is 99.3 cm³/mol. The van der Waals surface area contributed by atoms with Gasteiger partial charge in [0.1, 0.15) is 0 Å². The van der Waals surface area contributed by atoms with Crippen LogP contribution in [-0.4, -0.2) is 28.9 Å². The van der Waals surface area contributed by atoms with Gasteiger partial charge in [0.2, 0.25) is 5.91 Å². The van der Waals surface area contributed by atoms with Crippen molar-refractivity contribution < 1.29 is 4.79 Å². The van der Waals surface area contributed by atoms with E-state index in [0.29, 0.717) is 30.1 Å². The highest BCUT2D eigenvalue weighted by Gasteiger charge is 2.27. The summed E-state index contributed by atoms with van der Waals surface area (Å²) in [7, 11) is 0. The molecule has 0 aliphatic carbocycles. The molecule has 128 valence electrons. The van der Waals surface area contributed by atoms with Gasteiger partial charge >= 0.3 is 0 Å². The molecular formula is C20H26N2OS. The predicted octanol–water partition coefficient (Wildman–Crippen LogP) is 4.68. The van der Waals surface area contributed by atoms with E-state index < -0.39 is 0 Å². The van der Waals surface area contributed by atoms with Crippen molar-refractivity contribution in [3.8, 4) is 0 Å². The number of carbonyl (C=O) groups excluding carboxylic acids is 1. The zero-order valence-electron chi connectivity index (χ0n) is 14.5. The molecule has 1 amide bonds. The molecule has 4 heteroatoms. The highest BCUT2D eigenvalue weighted by atomic mass is 32.1. The van der Waals surface area contributed by atoms with Gasteiger partial charge in [0.05, 0.1) is 5.01 Å². The number of piperidine rings is 1. The summed E-state index contributed by atoms with van der Waals surface area (Å²) in [6.07, 6.45) is 4.57. The summed E-state index contributed by atoms with van der Waals surface area (Å²) < 4.78 is 0. The Labute approximate surface area is 148 Å². The SMILES string of the molecule is CC(C)C(CC(=O)N1CCC(c2nccs2)CC1)c1ccccc1. The zero-order chi connectivity index (χ0) is 16.9. The standard InChI is InChI=1S/C20H26N2OS/c1-15(2)18(16-6-4-3-5-7-16)14-19(23)22-11-8-17(9-12-22)20-21-10-13-24-20/h3-7,10,13,15,17-18H,8-9,11-12,14H2,1-2H3. The van der Waals surface area contributed by atoms with E-state index in [1.54, 1.807) is 11.3 Å². The molecule has 3 nitrogen and oxygen atoms in total. The molecule has 0 saturated carbocycles. The van der Waals surface area contributed by atoms with Crippen LogP contribution in [0.25, 0.3) is 0 Å².